The lowest BCUT2D eigenvalue weighted by Crippen LogP contribution is -2.40. The normalized spacial score (nSPS) is 14.7. The van der Waals surface area contributed by atoms with E-state index in [9.17, 15) is 9.59 Å². The summed E-state index contributed by atoms with van der Waals surface area (Å²) in [4.78, 5) is 31.4. The molecule has 1 fully saturated rings. The van der Waals surface area contributed by atoms with E-state index in [-0.39, 0.29) is 17.7 Å². The minimum Gasteiger partial charge on any atom is -0.339 e. The fourth-order valence-corrected chi connectivity index (χ4v) is 4.29. The second kappa shape index (κ2) is 9.71. The van der Waals surface area contributed by atoms with Crippen LogP contribution in [0.1, 0.15) is 23.4 Å². The van der Waals surface area contributed by atoms with E-state index in [2.05, 4.69) is 10.3 Å². The minimum absolute atomic E-state index is 0.00410. The van der Waals surface area contributed by atoms with Gasteiger partial charge in [-0.25, -0.2) is 4.98 Å². The van der Waals surface area contributed by atoms with E-state index < -0.39 is 0 Å². The van der Waals surface area contributed by atoms with Crippen molar-refractivity contribution in [1.29, 1.82) is 0 Å². The maximum Gasteiger partial charge on any atom is 0.246 e. The van der Waals surface area contributed by atoms with Gasteiger partial charge in [-0.3, -0.25) is 9.59 Å². The number of aryl methyl sites for hydroxylation is 1. The van der Waals surface area contributed by atoms with E-state index in [0.29, 0.717) is 25.9 Å². The lowest BCUT2D eigenvalue weighted by atomic mass is 9.95. The Hall–Kier alpha value is -3.25. The Labute approximate surface area is 186 Å². The zero-order valence-corrected chi connectivity index (χ0v) is 18.3. The van der Waals surface area contributed by atoms with Crippen LogP contribution in [0.4, 0.5) is 5.69 Å². The van der Waals surface area contributed by atoms with Crippen molar-refractivity contribution in [3.05, 3.63) is 76.6 Å². The average Bonchev–Trinajstić information content (AvgIpc) is 3.25. The van der Waals surface area contributed by atoms with Gasteiger partial charge in [0.1, 0.15) is 0 Å². The molecule has 0 atom stereocenters. The molecule has 2 heterocycles. The molecule has 1 aliphatic rings. The van der Waals surface area contributed by atoms with Crippen molar-refractivity contribution in [3.63, 3.8) is 0 Å². The summed E-state index contributed by atoms with van der Waals surface area (Å²) in [5.41, 5.74) is 3.78. The molecular weight excluding hydrogens is 406 g/mol. The monoisotopic (exact) mass is 431 g/mol. The molecule has 2 amide bonds. The molecule has 2 aromatic carbocycles. The maximum absolute atomic E-state index is 12.7. The second-order valence-electron chi connectivity index (χ2n) is 7.66. The number of amides is 2. The van der Waals surface area contributed by atoms with Crippen LogP contribution < -0.4 is 5.32 Å². The lowest BCUT2D eigenvalue weighted by Gasteiger charge is -2.30. The first-order chi connectivity index (χ1) is 15.1. The van der Waals surface area contributed by atoms with Gasteiger partial charge in [0.25, 0.3) is 0 Å². The number of likely N-dealkylation sites (tertiary alicyclic amines) is 1. The first-order valence-electron chi connectivity index (χ1n) is 10.4. The van der Waals surface area contributed by atoms with Crippen LogP contribution in [-0.2, 0) is 9.59 Å². The first kappa shape index (κ1) is 21.0. The number of nitrogens with zero attached hydrogens (tertiary/aromatic N) is 2. The van der Waals surface area contributed by atoms with Crippen LogP contribution in [0.15, 0.2) is 66.1 Å². The van der Waals surface area contributed by atoms with E-state index >= 15 is 0 Å². The highest BCUT2D eigenvalue weighted by Gasteiger charge is 2.26. The van der Waals surface area contributed by atoms with Crippen molar-refractivity contribution < 1.29 is 9.59 Å². The molecule has 31 heavy (non-hydrogen) atoms. The number of piperidine rings is 1. The number of hydrogen-bond acceptors (Lipinski definition) is 4. The number of thiazole rings is 1. The highest BCUT2D eigenvalue weighted by Crippen LogP contribution is 2.24. The van der Waals surface area contributed by atoms with Crippen molar-refractivity contribution in [3.8, 4) is 11.3 Å². The fraction of sp³-hybridized carbons (Fsp3) is 0.240. The molecule has 0 radical (unpaired) electrons. The average molecular weight is 432 g/mol. The van der Waals surface area contributed by atoms with Gasteiger partial charge in [-0.1, -0.05) is 42.5 Å². The topological polar surface area (TPSA) is 62.3 Å². The Kier molecular flexibility index (Phi) is 6.57. The third-order valence-corrected chi connectivity index (χ3v) is 6.24. The van der Waals surface area contributed by atoms with Crippen LogP contribution in [0.3, 0.4) is 0 Å². The van der Waals surface area contributed by atoms with Gasteiger partial charge in [0.15, 0.2) is 0 Å². The summed E-state index contributed by atoms with van der Waals surface area (Å²) >= 11 is 1.62. The predicted molar refractivity (Wildman–Crippen MR) is 126 cm³/mol. The quantitative estimate of drug-likeness (QED) is 0.578. The van der Waals surface area contributed by atoms with Gasteiger partial charge < -0.3 is 10.2 Å². The molecule has 0 bridgehead atoms. The molecule has 6 heteroatoms. The van der Waals surface area contributed by atoms with Crippen molar-refractivity contribution in [1.82, 2.24) is 9.88 Å². The number of nitrogens with one attached hydrogen (secondary N) is 1. The summed E-state index contributed by atoms with van der Waals surface area (Å²) in [7, 11) is 0. The predicted octanol–water partition coefficient (Wildman–Crippen LogP) is 5.01. The van der Waals surface area contributed by atoms with E-state index in [1.807, 2.05) is 77.9 Å². The summed E-state index contributed by atoms with van der Waals surface area (Å²) in [6.45, 7) is 3.18. The second-order valence-corrected chi connectivity index (χ2v) is 8.72. The molecule has 1 aromatic heterocycles. The molecule has 1 saturated heterocycles. The van der Waals surface area contributed by atoms with E-state index in [1.165, 1.54) is 0 Å². The van der Waals surface area contributed by atoms with Crippen molar-refractivity contribution in [2.45, 2.75) is 19.8 Å². The summed E-state index contributed by atoms with van der Waals surface area (Å²) in [5, 5.41) is 6.08. The van der Waals surface area contributed by atoms with Gasteiger partial charge in [0.05, 0.1) is 10.7 Å². The van der Waals surface area contributed by atoms with Crippen LogP contribution >= 0.6 is 11.3 Å². The van der Waals surface area contributed by atoms with Crippen LogP contribution in [0.25, 0.3) is 17.3 Å². The highest BCUT2D eigenvalue weighted by atomic mass is 32.1. The summed E-state index contributed by atoms with van der Waals surface area (Å²) in [6.07, 6.45) is 4.79. The van der Waals surface area contributed by atoms with Crippen LogP contribution in [-0.4, -0.2) is 34.8 Å². The highest BCUT2D eigenvalue weighted by molar-refractivity contribution is 7.09. The number of hydrogen-bond donors (Lipinski definition) is 1. The van der Waals surface area contributed by atoms with Gasteiger partial charge in [0.2, 0.25) is 11.8 Å². The van der Waals surface area contributed by atoms with Crippen LogP contribution in [0.2, 0.25) is 0 Å². The Bertz CT molecular complexity index is 1070. The molecule has 3 aromatic rings. The van der Waals surface area contributed by atoms with Crippen molar-refractivity contribution >= 4 is 34.9 Å². The SMILES string of the molecule is Cc1nc(-c2ccc(NC(=O)C3CCN(C(=O)C=Cc4ccccc4)CC3)cc2)cs1. The van der Waals surface area contributed by atoms with Crippen molar-refractivity contribution in [2.75, 3.05) is 18.4 Å². The summed E-state index contributed by atoms with van der Waals surface area (Å²) in [6, 6.07) is 17.5. The maximum atomic E-state index is 12.7. The van der Waals surface area contributed by atoms with Gasteiger partial charge in [-0.2, -0.15) is 0 Å². The Morgan fingerprint density at radius 2 is 1.77 bits per heavy atom. The standard InChI is InChI=1S/C25H25N3O2S/c1-18-26-23(17-31-18)20-8-10-22(11-9-20)27-25(30)21-13-15-28(16-14-21)24(29)12-7-19-5-3-2-4-6-19/h2-12,17,21H,13-16H2,1H3,(H,27,30). The Morgan fingerprint density at radius 3 is 2.42 bits per heavy atom. The fourth-order valence-electron chi connectivity index (χ4n) is 3.66. The van der Waals surface area contributed by atoms with Crippen LogP contribution in [0, 0.1) is 12.8 Å². The number of rotatable bonds is 5. The zero-order chi connectivity index (χ0) is 21.6. The van der Waals surface area contributed by atoms with E-state index in [0.717, 1.165) is 27.5 Å². The smallest absolute Gasteiger partial charge is 0.246 e. The molecule has 1 aliphatic heterocycles. The van der Waals surface area contributed by atoms with E-state index in [4.69, 9.17) is 0 Å². The largest absolute Gasteiger partial charge is 0.339 e. The third-order valence-electron chi connectivity index (χ3n) is 5.46. The summed E-state index contributed by atoms with van der Waals surface area (Å²) in [5.74, 6) is -0.0669. The number of carbonyl (C=O) groups is 2. The van der Waals surface area contributed by atoms with Gasteiger partial charge in [-0.15, -0.1) is 11.3 Å². The Balaban J connectivity index is 1.27. The number of carbonyl (C=O) groups excluding carboxylic acids is 2. The first-order valence-corrected chi connectivity index (χ1v) is 11.3. The van der Waals surface area contributed by atoms with Crippen molar-refractivity contribution in [2.24, 2.45) is 5.92 Å². The molecule has 0 unspecified atom stereocenters. The molecular formula is C25H25N3O2S. The number of aromatic nitrogens is 1. The molecule has 0 saturated carbocycles. The molecule has 4 rings (SSSR count). The molecule has 158 valence electrons. The zero-order valence-electron chi connectivity index (χ0n) is 17.5. The minimum atomic E-state index is -0.0805. The molecule has 0 spiro atoms. The van der Waals surface area contributed by atoms with E-state index in [1.54, 1.807) is 17.4 Å². The Morgan fingerprint density at radius 1 is 1.06 bits per heavy atom. The molecule has 5 nitrogen and oxygen atoms in total. The van der Waals surface area contributed by atoms with Crippen LogP contribution in [0.5, 0.6) is 0 Å². The number of benzene rings is 2. The number of anilines is 1. The van der Waals surface area contributed by atoms with Gasteiger partial charge in [-0.05, 0) is 43.5 Å². The molecule has 1 N–H and O–H groups in total. The lowest BCUT2D eigenvalue weighted by molar-refractivity contribution is -0.130. The summed E-state index contributed by atoms with van der Waals surface area (Å²) < 4.78 is 0. The molecule has 0 aliphatic carbocycles. The third kappa shape index (κ3) is 5.47. The van der Waals surface area contributed by atoms with Gasteiger partial charge >= 0.3 is 0 Å². The van der Waals surface area contributed by atoms with Gasteiger partial charge in [0, 0.05) is 41.7 Å².